The maximum Gasteiger partial charge on any atom is 0.343 e. The number of nitriles is 1. The Morgan fingerprint density at radius 1 is 0.829 bits per heavy atom. The number of benzene rings is 3. The van der Waals surface area contributed by atoms with Gasteiger partial charge in [0.2, 0.25) is 0 Å². The molecule has 0 saturated heterocycles. The number of anilines is 1. The number of hydrogen-bond donors (Lipinski definition) is 1. The summed E-state index contributed by atoms with van der Waals surface area (Å²) in [6, 6.07) is 18.5. The van der Waals surface area contributed by atoms with Crippen LogP contribution in [0.15, 0.2) is 66.2 Å². The highest BCUT2D eigenvalue weighted by atomic mass is 16.6. The highest BCUT2D eigenvalue weighted by Gasteiger charge is 2.16. The second-order valence-electron chi connectivity index (χ2n) is 7.36. The molecular weight excluding hydrogens is 448 g/mol. The molecule has 1 amide bonds. The number of carbonyl (C=O) groups is 2. The Hall–Kier alpha value is -4.77. The Morgan fingerprint density at radius 2 is 1.46 bits per heavy atom. The van der Waals surface area contributed by atoms with Gasteiger partial charge in [0.25, 0.3) is 5.91 Å². The van der Waals surface area contributed by atoms with Crippen molar-refractivity contribution < 1.29 is 28.5 Å². The van der Waals surface area contributed by atoms with Crippen molar-refractivity contribution >= 4 is 23.6 Å². The summed E-state index contributed by atoms with van der Waals surface area (Å²) in [6.45, 7) is 1.94. The number of amides is 1. The fourth-order valence-corrected chi connectivity index (χ4v) is 3.13. The van der Waals surface area contributed by atoms with Gasteiger partial charge in [-0.1, -0.05) is 23.8 Å². The average molecular weight is 472 g/mol. The predicted molar refractivity (Wildman–Crippen MR) is 131 cm³/mol. The smallest absolute Gasteiger partial charge is 0.343 e. The van der Waals surface area contributed by atoms with Crippen LogP contribution in [0.1, 0.15) is 21.5 Å². The van der Waals surface area contributed by atoms with Crippen LogP contribution in [-0.2, 0) is 4.79 Å². The molecule has 0 aromatic heterocycles. The van der Waals surface area contributed by atoms with Crippen molar-refractivity contribution in [3.63, 3.8) is 0 Å². The molecule has 0 atom stereocenters. The molecule has 0 bridgehead atoms. The summed E-state index contributed by atoms with van der Waals surface area (Å²) in [7, 11) is 4.39. The van der Waals surface area contributed by atoms with Gasteiger partial charge in [-0.05, 0) is 61.0 Å². The standard InChI is InChI=1S/C27H24N2O6/c1-17-5-9-21(10-6-17)29-26(30)20(16-28)13-18-7-11-23(24(14-18)33-3)35-27(31)19-8-12-22(32-2)25(15-19)34-4/h5-15H,1-4H3,(H,29,30)/b20-13+. The molecule has 0 spiro atoms. The number of nitrogens with zero attached hydrogens (tertiary/aromatic N) is 1. The van der Waals surface area contributed by atoms with Crippen LogP contribution in [0.5, 0.6) is 23.0 Å². The fraction of sp³-hybridized carbons (Fsp3) is 0.148. The first-order valence-electron chi connectivity index (χ1n) is 10.5. The minimum Gasteiger partial charge on any atom is -0.493 e. The number of nitrogens with one attached hydrogen (secondary N) is 1. The van der Waals surface area contributed by atoms with Crippen molar-refractivity contribution in [2.24, 2.45) is 0 Å². The first-order chi connectivity index (χ1) is 16.9. The second-order valence-corrected chi connectivity index (χ2v) is 7.36. The zero-order valence-corrected chi connectivity index (χ0v) is 19.7. The molecule has 8 nitrogen and oxygen atoms in total. The van der Waals surface area contributed by atoms with E-state index in [4.69, 9.17) is 18.9 Å². The number of aryl methyl sites for hydroxylation is 1. The number of methoxy groups -OCH3 is 3. The molecule has 0 fully saturated rings. The van der Waals surface area contributed by atoms with Crippen molar-refractivity contribution in [1.29, 1.82) is 5.26 Å². The maximum atomic E-state index is 12.7. The van der Waals surface area contributed by atoms with E-state index >= 15 is 0 Å². The monoisotopic (exact) mass is 472 g/mol. The Bertz CT molecular complexity index is 1310. The van der Waals surface area contributed by atoms with E-state index in [1.807, 2.05) is 25.1 Å². The molecule has 0 saturated carbocycles. The molecular formula is C27H24N2O6. The summed E-state index contributed by atoms with van der Waals surface area (Å²) in [4.78, 5) is 25.2. The van der Waals surface area contributed by atoms with Gasteiger partial charge in [-0.25, -0.2) is 4.79 Å². The van der Waals surface area contributed by atoms with Gasteiger partial charge >= 0.3 is 5.97 Å². The summed E-state index contributed by atoms with van der Waals surface area (Å²) in [5.41, 5.74) is 2.31. The van der Waals surface area contributed by atoms with E-state index in [2.05, 4.69) is 5.32 Å². The van der Waals surface area contributed by atoms with Crippen LogP contribution in [0, 0.1) is 18.3 Å². The van der Waals surface area contributed by atoms with Crippen molar-refractivity contribution in [2.75, 3.05) is 26.6 Å². The summed E-state index contributed by atoms with van der Waals surface area (Å²) in [5.74, 6) is 0.137. The van der Waals surface area contributed by atoms with Crippen LogP contribution in [0.2, 0.25) is 0 Å². The topological polar surface area (TPSA) is 107 Å². The Labute approximate surface area is 203 Å². The van der Waals surface area contributed by atoms with Gasteiger partial charge in [0, 0.05) is 5.69 Å². The first kappa shape index (κ1) is 24.9. The Morgan fingerprint density at radius 3 is 2.09 bits per heavy atom. The number of hydrogen-bond acceptors (Lipinski definition) is 7. The number of esters is 1. The fourth-order valence-electron chi connectivity index (χ4n) is 3.13. The molecule has 178 valence electrons. The van der Waals surface area contributed by atoms with E-state index in [9.17, 15) is 14.9 Å². The van der Waals surface area contributed by atoms with E-state index in [1.165, 1.54) is 39.5 Å². The van der Waals surface area contributed by atoms with E-state index in [1.54, 1.807) is 36.4 Å². The SMILES string of the molecule is COc1ccc(C(=O)Oc2ccc(/C=C(\C#N)C(=O)Nc3ccc(C)cc3)cc2OC)cc1OC. The summed E-state index contributed by atoms with van der Waals surface area (Å²) in [5, 5.41) is 12.2. The molecule has 35 heavy (non-hydrogen) atoms. The molecule has 0 aliphatic rings. The lowest BCUT2D eigenvalue weighted by atomic mass is 10.1. The molecule has 8 heteroatoms. The van der Waals surface area contributed by atoms with Gasteiger partial charge < -0.3 is 24.3 Å². The molecule has 3 aromatic carbocycles. The molecule has 0 aliphatic carbocycles. The van der Waals surface area contributed by atoms with Gasteiger partial charge in [-0.2, -0.15) is 5.26 Å². The van der Waals surface area contributed by atoms with Gasteiger partial charge in [0.05, 0.1) is 26.9 Å². The number of rotatable bonds is 8. The molecule has 0 heterocycles. The largest absolute Gasteiger partial charge is 0.493 e. The van der Waals surface area contributed by atoms with Gasteiger partial charge in [0.15, 0.2) is 23.0 Å². The quantitative estimate of drug-likeness (QED) is 0.217. The molecule has 3 rings (SSSR count). The van der Waals surface area contributed by atoms with Crippen LogP contribution < -0.4 is 24.3 Å². The predicted octanol–water partition coefficient (Wildman–Crippen LogP) is 4.79. The molecule has 1 N–H and O–H groups in total. The van der Waals surface area contributed by atoms with Crippen molar-refractivity contribution in [2.45, 2.75) is 6.92 Å². The van der Waals surface area contributed by atoms with Crippen LogP contribution in [-0.4, -0.2) is 33.2 Å². The van der Waals surface area contributed by atoms with E-state index in [0.29, 0.717) is 22.7 Å². The van der Waals surface area contributed by atoms with Crippen molar-refractivity contribution in [1.82, 2.24) is 0 Å². The third-order valence-corrected chi connectivity index (χ3v) is 5.00. The minimum atomic E-state index is -0.622. The van der Waals surface area contributed by atoms with Gasteiger partial charge in [-0.15, -0.1) is 0 Å². The minimum absolute atomic E-state index is 0.0947. The highest BCUT2D eigenvalue weighted by Crippen LogP contribution is 2.31. The second kappa shape index (κ2) is 11.4. The van der Waals surface area contributed by atoms with Gasteiger partial charge in [0.1, 0.15) is 11.6 Å². The number of ether oxygens (including phenoxy) is 4. The molecule has 3 aromatic rings. The van der Waals surface area contributed by atoms with Crippen LogP contribution in [0.4, 0.5) is 5.69 Å². The summed E-state index contributed by atoms with van der Waals surface area (Å²) in [6.07, 6.45) is 1.42. The molecule has 0 unspecified atom stereocenters. The lowest BCUT2D eigenvalue weighted by Crippen LogP contribution is -2.13. The van der Waals surface area contributed by atoms with E-state index in [0.717, 1.165) is 5.56 Å². The average Bonchev–Trinajstić information content (AvgIpc) is 2.88. The lowest BCUT2D eigenvalue weighted by molar-refractivity contribution is -0.112. The third kappa shape index (κ3) is 6.18. The molecule has 0 aliphatic heterocycles. The van der Waals surface area contributed by atoms with Crippen LogP contribution in [0.3, 0.4) is 0 Å². The first-order valence-corrected chi connectivity index (χ1v) is 10.5. The normalized spacial score (nSPS) is 10.7. The van der Waals surface area contributed by atoms with Gasteiger partial charge in [-0.3, -0.25) is 4.79 Å². The van der Waals surface area contributed by atoms with E-state index < -0.39 is 11.9 Å². The highest BCUT2D eigenvalue weighted by molar-refractivity contribution is 6.09. The lowest BCUT2D eigenvalue weighted by Gasteiger charge is -2.12. The Kier molecular flexibility index (Phi) is 8.09. The maximum absolute atomic E-state index is 12.7. The number of carbonyl (C=O) groups excluding carboxylic acids is 2. The third-order valence-electron chi connectivity index (χ3n) is 5.00. The van der Waals surface area contributed by atoms with Crippen LogP contribution >= 0.6 is 0 Å². The van der Waals surface area contributed by atoms with Crippen molar-refractivity contribution in [3.8, 4) is 29.1 Å². The zero-order chi connectivity index (χ0) is 25.4. The van der Waals surface area contributed by atoms with Crippen molar-refractivity contribution in [3.05, 3.63) is 82.9 Å². The molecule has 0 radical (unpaired) electrons. The summed E-state index contributed by atoms with van der Waals surface area (Å²) >= 11 is 0. The van der Waals surface area contributed by atoms with Crippen LogP contribution in [0.25, 0.3) is 6.08 Å². The van der Waals surface area contributed by atoms with E-state index in [-0.39, 0.29) is 22.6 Å². The summed E-state index contributed by atoms with van der Waals surface area (Å²) < 4.78 is 21.2. The zero-order valence-electron chi connectivity index (χ0n) is 19.7. The Balaban J connectivity index is 1.79.